The fraction of sp³-hybridized carbons (Fsp3) is 0.776. The Kier molecular flexibility index (Phi) is 52.3. The zero-order chi connectivity index (χ0) is 55.0. The second-order valence-electron chi connectivity index (χ2n) is 21.8. The Morgan fingerprint density at radius 1 is 0.461 bits per heavy atom. The minimum atomic E-state index is -1.57. The van der Waals surface area contributed by atoms with Gasteiger partial charge in [-0.05, 0) is 70.6 Å². The van der Waals surface area contributed by atoms with Gasteiger partial charge in [-0.25, -0.2) is 0 Å². The van der Waals surface area contributed by atoms with Crippen molar-refractivity contribution < 1.29 is 39.8 Å². The minimum absolute atomic E-state index is 0.175. The molecule has 0 spiro atoms. The van der Waals surface area contributed by atoms with Crippen LogP contribution in [-0.4, -0.2) is 87.5 Å². The highest BCUT2D eigenvalue weighted by atomic mass is 16.7. The lowest BCUT2D eigenvalue weighted by atomic mass is 9.99. The highest BCUT2D eigenvalue weighted by molar-refractivity contribution is 5.76. The van der Waals surface area contributed by atoms with Crippen molar-refractivity contribution in [2.45, 2.75) is 320 Å². The number of hydrogen-bond donors (Lipinski definition) is 6. The van der Waals surface area contributed by atoms with E-state index in [0.717, 1.165) is 77.0 Å². The van der Waals surface area contributed by atoms with Crippen LogP contribution >= 0.6 is 0 Å². The van der Waals surface area contributed by atoms with Crippen molar-refractivity contribution in [3.05, 3.63) is 85.1 Å². The molecule has 76 heavy (non-hydrogen) atoms. The number of aliphatic hydroxyl groups is 5. The number of unbranched alkanes of at least 4 members (excludes halogenated alkanes) is 32. The first-order valence-corrected chi connectivity index (χ1v) is 31.8. The van der Waals surface area contributed by atoms with E-state index in [-0.39, 0.29) is 12.5 Å². The van der Waals surface area contributed by atoms with Crippen molar-refractivity contribution in [1.29, 1.82) is 0 Å². The minimum Gasteiger partial charge on any atom is -0.394 e. The Hall–Kier alpha value is -2.63. The topological polar surface area (TPSA) is 149 Å². The van der Waals surface area contributed by atoms with Crippen molar-refractivity contribution in [2.75, 3.05) is 13.2 Å². The average molecular weight is 1070 g/mol. The van der Waals surface area contributed by atoms with Gasteiger partial charge in [0.2, 0.25) is 5.91 Å². The maximum Gasteiger partial charge on any atom is 0.220 e. The van der Waals surface area contributed by atoms with Crippen LogP contribution in [0.5, 0.6) is 0 Å². The second kappa shape index (κ2) is 55.7. The molecule has 7 atom stereocenters. The van der Waals surface area contributed by atoms with Crippen molar-refractivity contribution in [1.82, 2.24) is 5.32 Å². The molecule has 1 amide bonds. The van der Waals surface area contributed by atoms with E-state index in [4.69, 9.17) is 9.47 Å². The molecule has 1 aliphatic rings. The molecule has 0 aromatic heterocycles. The molecule has 0 saturated carbocycles. The average Bonchev–Trinajstić information content (AvgIpc) is 3.42. The fourth-order valence-corrected chi connectivity index (χ4v) is 9.75. The monoisotopic (exact) mass is 1070 g/mol. The van der Waals surface area contributed by atoms with Gasteiger partial charge in [0, 0.05) is 6.42 Å². The number of hydrogen-bond acceptors (Lipinski definition) is 8. The first kappa shape index (κ1) is 71.4. The number of aliphatic hydroxyl groups excluding tert-OH is 5. The van der Waals surface area contributed by atoms with Crippen LogP contribution < -0.4 is 5.32 Å². The van der Waals surface area contributed by atoms with Gasteiger partial charge in [0.25, 0.3) is 0 Å². The number of amides is 1. The van der Waals surface area contributed by atoms with E-state index in [1.165, 1.54) is 180 Å². The molecule has 7 unspecified atom stereocenters. The SMILES string of the molecule is CC/C=C\C/C=C\C/C=C\C/C=C\C/C=C\C/C=C\CCCCCCCCCCCCCCCCCCCCCCC(=O)NC(COC1OC(CO)C(O)C(O)C1O)C(O)/C=C/CCCCCCCCCCCCCC. The zero-order valence-electron chi connectivity index (χ0n) is 49.0. The van der Waals surface area contributed by atoms with Gasteiger partial charge in [0.05, 0.1) is 25.4 Å². The first-order chi connectivity index (χ1) is 37.3. The molecule has 1 aliphatic heterocycles. The van der Waals surface area contributed by atoms with Crippen molar-refractivity contribution in [3.63, 3.8) is 0 Å². The van der Waals surface area contributed by atoms with E-state index >= 15 is 0 Å². The van der Waals surface area contributed by atoms with E-state index in [2.05, 4.69) is 92.1 Å². The van der Waals surface area contributed by atoms with Gasteiger partial charge in [-0.3, -0.25) is 4.79 Å². The molecule has 440 valence electrons. The summed E-state index contributed by atoms with van der Waals surface area (Å²) >= 11 is 0. The van der Waals surface area contributed by atoms with E-state index < -0.39 is 49.5 Å². The van der Waals surface area contributed by atoms with Crippen LogP contribution in [0.15, 0.2) is 85.1 Å². The number of allylic oxidation sites excluding steroid dienone is 13. The Labute approximate surface area is 467 Å². The predicted octanol–water partition coefficient (Wildman–Crippen LogP) is 16.6. The third-order valence-corrected chi connectivity index (χ3v) is 14.7. The number of carbonyl (C=O) groups is 1. The Morgan fingerprint density at radius 2 is 0.816 bits per heavy atom. The van der Waals surface area contributed by atoms with E-state index in [1.54, 1.807) is 6.08 Å². The summed E-state index contributed by atoms with van der Waals surface area (Å²) < 4.78 is 11.3. The largest absolute Gasteiger partial charge is 0.394 e. The lowest BCUT2D eigenvalue weighted by molar-refractivity contribution is -0.302. The first-order valence-electron chi connectivity index (χ1n) is 31.8. The van der Waals surface area contributed by atoms with Crippen LogP contribution in [0.25, 0.3) is 0 Å². The summed E-state index contributed by atoms with van der Waals surface area (Å²) in [5, 5.41) is 54.5. The maximum atomic E-state index is 13.1. The van der Waals surface area contributed by atoms with Crippen LogP contribution in [0, 0.1) is 0 Å². The summed E-state index contributed by atoms with van der Waals surface area (Å²) in [7, 11) is 0. The van der Waals surface area contributed by atoms with Gasteiger partial charge in [-0.15, -0.1) is 0 Å². The smallest absolute Gasteiger partial charge is 0.220 e. The highest BCUT2D eigenvalue weighted by Crippen LogP contribution is 2.23. The number of rotatable bonds is 54. The Bertz CT molecular complexity index is 1470. The summed E-state index contributed by atoms with van der Waals surface area (Å²) in [6.07, 6.45) is 72.5. The summed E-state index contributed by atoms with van der Waals surface area (Å²) in [6.45, 7) is 3.67. The van der Waals surface area contributed by atoms with Crippen molar-refractivity contribution in [3.8, 4) is 0 Å². The van der Waals surface area contributed by atoms with Crippen LogP contribution in [-0.2, 0) is 14.3 Å². The molecular weight excluding hydrogens is 947 g/mol. The van der Waals surface area contributed by atoms with Gasteiger partial charge < -0.3 is 40.3 Å². The summed E-state index contributed by atoms with van der Waals surface area (Å²) in [4.78, 5) is 13.1. The van der Waals surface area contributed by atoms with Gasteiger partial charge >= 0.3 is 0 Å². The molecule has 9 heteroatoms. The lowest BCUT2D eigenvalue weighted by Crippen LogP contribution is -2.60. The standard InChI is InChI=1S/C67H119NO8/c1-3-5-7-9-11-13-15-17-19-20-21-22-23-24-25-26-27-28-29-30-31-32-33-34-35-36-37-38-39-40-41-42-43-45-47-49-51-53-55-57-63(71)68-60(59-75-67-66(74)65(73)64(72)62(58-69)76-67)61(70)56-54-52-50-48-46-44-18-16-14-12-10-8-6-4-2/h5,7,11,13,17,19,21-22,24-25,27-28,54,56,60-62,64-67,69-70,72-74H,3-4,6,8-10,12,14-16,18,20,23,26,29-53,55,57-59H2,1-2H3,(H,68,71)/b7-5-,13-11-,19-17-,22-21-,25-24-,28-27-,56-54+. The third-order valence-electron chi connectivity index (χ3n) is 14.7. The number of ether oxygens (including phenoxy) is 2. The molecule has 0 aliphatic carbocycles. The van der Waals surface area contributed by atoms with Crippen molar-refractivity contribution in [2.24, 2.45) is 0 Å². The Balaban J connectivity index is 2.07. The predicted molar refractivity (Wildman–Crippen MR) is 322 cm³/mol. The summed E-state index contributed by atoms with van der Waals surface area (Å²) in [6, 6.07) is -0.806. The molecule has 1 saturated heterocycles. The van der Waals surface area contributed by atoms with E-state index in [9.17, 15) is 30.3 Å². The molecule has 1 heterocycles. The third kappa shape index (κ3) is 44.2. The fourth-order valence-electron chi connectivity index (χ4n) is 9.75. The molecule has 9 nitrogen and oxygen atoms in total. The quantitative estimate of drug-likeness (QED) is 0.0261. The van der Waals surface area contributed by atoms with Crippen LogP contribution in [0.3, 0.4) is 0 Å². The molecule has 6 N–H and O–H groups in total. The van der Waals surface area contributed by atoms with E-state index in [0.29, 0.717) is 6.42 Å². The second-order valence-corrected chi connectivity index (χ2v) is 21.8. The number of nitrogens with one attached hydrogen (secondary N) is 1. The van der Waals surface area contributed by atoms with Gasteiger partial charge in [0.15, 0.2) is 6.29 Å². The Morgan fingerprint density at radius 3 is 1.21 bits per heavy atom. The molecule has 0 aromatic carbocycles. The van der Waals surface area contributed by atoms with Crippen LogP contribution in [0.1, 0.15) is 277 Å². The number of carbonyl (C=O) groups excluding carboxylic acids is 1. The summed E-state index contributed by atoms with van der Waals surface area (Å²) in [5.74, 6) is -0.175. The van der Waals surface area contributed by atoms with Crippen LogP contribution in [0.4, 0.5) is 0 Å². The zero-order valence-corrected chi connectivity index (χ0v) is 49.0. The molecule has 0 radical (unpaired) electrons. The van der Waals surface area contributed by atoms with E-state index in [1.807, 2.05) is 6.08 Å². The molecule has 1 fully saturated rings. The molecule has 0 aromatic rings. The normalized spacial score (nSPS) is 19.4. The van der Waals surface area contributed by atoms with Gasteiger partial charge in [-0.2, -0.15) is 0 Å². The van der Waals surface area contributed by atoms with Gasteiger partial charge in [0.1, 0.15) is 24.4 Å². The molecular formula is C67H119NO8. The maximum absolute atomic E-state index is 13.1. The molecule has 0 bridgehead atoms. The van der Waals surface area contributed by atoms with Gasteiger partial charge in [-0.1, -0.05) is 285 Å². The van der Waals surface area contributed by atoms with Crippen molar-refractivity contribution >= 4 is 5.91 Å². The molecule has 1 rings (SSSR count). The lowest BCUT2D eigenvalue weighted by Gasteiger charge is -2.40. The van der Waals surface area contributed by atoms with Crippen LogP contribution in [0.2, 0.25) is 0 Å². The highest BCUT2D eigenvalue weighted by Gasteiger charge is 2.44. The summed E-state index contributed by atoms with van der Waals surface area (Å²) in [5.41, 5.74) is 0.